The number of hydrogen-bond acceptors (Lipinski definition) is 6. The van der Waals surface area contributed by atoms with Gasteiger partial charge >= 0.3 is 0 Å². The van der Waals surface area contributed by atoms with Gasteiger partial charge in [-0.15, -0.1) is 0 Å². The molecule has 0 N–H and O–H groups in total. The third kappa shape index (κ3) is 4.51. The maximum Gasteiger partial charge on any atom is 0.260 e. The Balaban J connectivity index is 1.73. The van der Waals surface area contributed by atoms with E-state index in [-0.39, 0.29) is 17.3 Å². The molecular weight excluding hydrogens is 468 g/mol. The standard InChI is InChI=1S/C22H19ClN4O3S2/c1-26(2)32(29,30)18-8-5-16(6-9-18)21(28)27(14-15-4-3-11-24-13-15)22-25-19-10-7-17(23)12-20(19)31-22/h3-13H,14H2,1-2H3. The van der Waals surface area contributed by atoms with Crippen molar-refractivity contribution in [1.29, 1.82) is 0 Å². The molecule has 164 valence electrons. The molecule has 2 aromatic heterocycles. The van der Waals surface area contributed by atoms with Crippen molar-refractivity contribution in [3.05, 3.63) is 83.1 Å². The van der Waals surface area contributed by atoms with Crippen LogP contribution in [0.25, 0.3) is 10.2 Å². The highest BCUT2D eigenvalue weighted by atomic mass is 35.5. The summed E-state index contributed by atoms with van der Waals surface area (Å²) < 4.78 is 26.7. The Labute approximate surface area is 195 Å². The number of anilines is 1. The zero-order chi connectivity index (χ0) is 22.9. The number of benzene rings is 2. The van der Waals surface area contributed by atoms with Crippen LogP contribution in [0, 0.1) is 0 Å². The second-order valence-electron chi connectivity index (χ2n) is 7.17. The molecule has 0 saturated heterocycles. The second kappa shape index (κ2) is 8.95. The highest BCUT2D eigenvalue weighted by Crippen LogP contribution is 2.32. The first-order chi connectivity index (χ1) is 15.3. The fourth-order valence-electron chi connectivity index (χ4n) is 3.04. The highest BCUT2D eigenvalue weighted by Gasteiger charge is 2.23. The summed E-state index contributed by atoms with van der Waals surface area (Å²) in [5.41, 5.74) is 1.93. The second-order valence-corrected chi connectivity index (χ2v) is 10.8. The normalized spacial score (nSPS) is 11.8. The third-order valence-electron chi connectivity index (χ3n) is 4.76. The predicted octanol–water partition coefficient (Wildman–Crippen LogP) is 4.44. The van der Waals surface area contributed by atoms with Gasteiger partial charge in [0.25, 0.3) is 5.91 Å². The van der Waals surface area contributed by atoms with Gasteiger partial charge in [0, 0.05) is 37.1 Å². The van der Waals surface area contributed by atoms with E-state index in [0.29, 0.717) is 15.7 Å². The lowest BCUT2D eigenvalue weighted by molar-refractivity contribution is 0.0985. The Bertz CT molecular complexity index is 1370. The van der Waals surface area contributed by atoms with Gasteiger partial charge in [0.05, 0.1) is 21.7 Å². The van der Waals surface area contributed by atoms with E-state index in [1.54, 1.807) is 29.4 Å². The fourth-order valence-corrected chi connectivity index (χ4v) is 5.18. The zero-order valence-corrected chi connectivity index (χ0v) is 19.7. The quantitative estimate of drug-likeness (QED) is 0.402. The van der Waals surface area contributed by atoms with Crippen LogP contribution in [0.5, 0.6) is 0 Å². The number of hydrogen-bond donors (Lipinski definition) is 0. The highest BCUT2D eigenvalue weighted by molar-refractivity contribution is 7.89. The average molecular weight is 487 g/mol. The molecule has 0 aliphatic rings. The molecule has 0 bridgehead atoms. The van der Waals surface area contributed by atoms with E-state index in [9.17, 15) is 13.2 Å². The van der Waals surface area contributed by atoms with Crippen LogP contribution in [0.3, 0.4) is 0 Å². The molecule has 0 fully saturated rings. The lowest BCUT2D eigenvalue weighted by Gasteiger charge is -2.20. The van der Waals surface area contributed by atoms with Gasteiger partial charge in [0.1, 0.15) is 0 Å². The molecule has 7 nitrogen and oxygen atoms in total. The lowest BCUT2D eigenvalue weighted by Crippen LogP contribution is -2.30. The van der Waals surface area contributed by atoms with Crippen LogP contribution in [0.1, 0.15) is 15.9 Å². The molecule has 0 aliphatic carbocycles. The summed E-state index contributed by atoms with van der Waals surface area (Å²) >= 11 is 7.47. The van der Waals surface area contributed by atoms with E-state index in [1.165, 1.54) is 49.7 Å². The minimum Gasteiger partial charge on any atom is -0.279 e. The number of carbonyl (C=O) groups is 1. The van der Waals surface area contributed by atoms with Gasteiger partial charge < -0.3 is 0 Å². The van der Waals surface area contributed by atoms with Crippen molar-refractivity contribution in [2.24, 2.45) is 0 Å². The van der Waals surface area contributed by atoms with Crippen molar-refractivity contribution in [2.45, 2.75) is 11.4 Å². The lowest BCUT2D eigenvalue weighted by atomic mass is 10.2. The number of amides is 1. The summed E-state index contributed by atoms with van der Waals surface area (Å²) in [5.74, 6) is -0.298. The number of aromatic nitrogens is 2. The minimum atomic E-state index is -3.58. The van der Waals surface area contributed by atoms with Crippen LogP contribution in [-0.4, -0.2) is 42.7 Å². The van der Waals surface area contributed by atoms with E-state index in [4.69, 9.17) is 11.6 Å². The number of fused-ring (bicyclic) bond motifs is 1. The van der Waals surface area contributed by atoms with Crippen LogP contribution in [-0.2, 0) is 16.6 Å². The van der Waals surface area contributed by atoms with Crippen molar-refractivity contribution in [2.75, 3.05) is 19.0 Å². The smallest absolute Gasteiger partial charge is 0.260 e. The van der Waals surface area contributed by atoms with Crippen molar-refractivity contribution >= 4 is 54.2 Å². The summed E-state index contributed by atoms with van der Waals surface area (Å²) in [6.45, 7) is 0.262. The first-order valence-electron chi connectivity index (χ1n) is 9.55. The van der Waals surface area contributed by atoms with E-state index in [1.807, 2.05) is 18.2 Å². The van der Waals surface area contributed by atoms with E-state index < -0.39 is 10.0 Å². The molecule has 0 saturated carbocycles. The monoisotopic (exact) mass is 486 g/mol. The Kier molecular flexibility index (Phi) is 6.25. The van der Waals surface area contributed by atoms with Gasteiger partial charge in [-0.25, -0.2) is 17.7 Å². The molecule has 4 aromatic rings. The maximum atomic E-state index is 13.5. The van der Waals surface area contributed by atoms with Crippen molar-refractivity contribution in [1.82, 2.24) is 14.3 Å². The molecule has 0 spiro atoms. The van der Waals surface area contributed by atoms with Gasteiger partial charge in [-0.1, -0.05) is 29.0 Å². The molecular formula is C22H19ClN4O3S2. The summed E-state index contributed by atoms with van der Waals surface area (Å²) in [5, 5.41) is 1.11. The summed E-state index contributed by atoms with van der Waals surface area (Å²) in [6, 6.07) is 15.0. The summed E-state index contributed by atoms with van der Waals surface area (Å²) in [4.78, 5) is 23.9. The number of halogens is 1. The first kappa shape index (κ1) is 22.3. The van der Waals surface area contributed by atoms with Gasteiger partial charge in [-0.3, -0.25) is 14.7 Å². The molecule has 4 rings (SSSR count). The molecule has 0 unspecified atom stereocenters. The number of pyridine rings is 1. The third-order valence-corrected chi connectivity index (χ3v) is 7.86. The number of thiazole rings is 1. The van der Waals surface area contributed by atoms with Crippen molar-refractivity contribution in [3.63, 3.8) is 0 Å². The van der Waals surface area contributed by atoms with Crippen LogP contribution < -0.4 is 4.90 Å². The Morgan fingerprint density at radius 3 is 2.50 bits per heavy atom. The van der Waals surface area contributed by atoms with E-state index >= 15 is 0 Å². The maximum absolute atomic E-state index is 13.5. The topological polar surface area (TPSA) is 83.5 Å². The molecule has 0 atom stereocenters. The molecule has 2 heterocycles. The first-order valence-corrected chi connectivity index (χ1v) is 12.2. The summed E-state index contributed by atoms with van der Waals surface area (Å²) in [6.07, 6.45) is 3.36. The number of carbonyl (C=O) groups excluding carboxylic acids is 1. The van der Waals surface area contributed by atoms with Crippen LogP contribution in [0.2, 0.25) is 5.02 Å². The van der Waals surface area contributed by atoms with Crippen molar-refractivity contribution < 1.29 is 13.2 Å². The Morgan fingerprint density at radius 1 is 1.09 bits per heavy atom. The average Bonchev–Trinajstić information content (AvgIpc) is 3.20. The van der Waals surface area contributed by atoms with Gasteiger partial charge in [-0.05, 0) is 54.1 Å². The zero-order valence-electron chi connectivity index (χ0n) is 17.3. The van der Waals surface area contributed by atoms with Gasteiger partial charge in [0.15, 0.2) is 5.13 Å². The van der Waals surface area contributed by atoms with Crippen LogP contribution in [0.15, 0.2) is 71.9 Å². The molecule has 10 heteroatoms. The minimum absolute atomic E-state index is 0.118. The number of nitrogens with zero attached hydrogens (tertiary/aromatic N) is 4. The van der Waals surface area contributed by atoms with E-state index in [0.717, 1.165) is 20.1 Å². The SMILES string of the molecule is CN(C)S(=O)(=O)c1ccc(C(=O)N(Cc2cccnc2)c2nc3ccc(Cl)cc3s2)cc1. The fraction of sp³-hybridized carbons (Fsp3) is 0.136. The largest absolute Gasteiger partial charge is 0.279 e. The summed E-state index contributed by atoms with van der Waals surface area (Å²) in [7, 11) is -0.661. The van der Waals surface area contributed by atoms with Crippen LogP contribution >= 0.6 is 22.9 Å². The predicted molar refractivity (Wildman–Crippen MR) is 127 cm³/mol. The molecule has 0 radical (unpaired) electrons. The Hall–Kier alpha value is -2.85. The van der Waals surface area contributed by atoms with Gasteiger partial charge in [-0.2, -0.15) is 0 Å². The Morgan fingerprint density at radius 2 is 1.84 bits per heavy atom. The molecule has 1 amide bonds. The van der Waals surface area contributed by atoms with Crippen LogP contribution in [0.4, 0.5) is 5.13 Å². The number of sulfonamides is 1. The van der Waals surface area contributed by atoms with E-state index in [2.05, 4.69) is 9.97 Å². The molecule has 2 aromatic carbocycles. The van der Waals surface area contributed by atoms with Gasteiger partial charge in [0.2, 0.25) is 10.0 Å². The molecule has 0 aliphatic heterocycles. The number of rotatable bonds is 6. The molecule has 32 heavy (non-hydrogen) atoms. The van der Waals surface area contributed by atoms with Crippen molar-refractivity contribution in [3.8, 4) is 0 Å².